The maximum atomic E-state index is 13.8. The van der Waals surface area contributed by atoms with Crippen LogP contribution in [0, 0.1) is 0 Å². The van der Waals surface area contributed by atoms with Crippen molar-refractivity contribution >= 4 is 27.7 Å². The Labute approximate surface area is 215 Å². The van der Waals surface area contributed by atoms with E-state index in [1.807, 2.05) is 37.3 Å². The summed E-state index contributed by atoms with van der Waals surface area (Å²) in [6.45, 7) is 1.80. The molecule has 0 radical (unpaired) electrons. The Hall–Kier alpha value is -2.91. The number of carbonyl (C=O) groups excluding carboxylic acids is 2. The molecule has 0 spiro atoms. The molecule has 0 aliphatic heterocycles. The first kappa shape index (κ1) is 27.7. The van der Waals surface area contributed by atoms with Gasteiger partial charge in [0.2, 0.25) is 11.8 Å². The molecule has 196 valence electrons. The normalized spacial score (nSPS) is 15.0. The van der Waals surface area contributed by atoms with E-state index in [4.69, 9.17) is 0 Å². The highest BCUT2D eigenvalue weighted by molar-refractivity contribution is 7.90. The first-order valence-electron chi connectivity index (χ1n) is 12.6. The second-order valence-electron chi connectivity index (χ2n) is 9.37. The fourth-order valence-electron chi connectivity index (χ4n) is 4.57. The molecule has 0 bridgehead atoms. The molecule has 1 aliphatic rings. The van der Waals surface area contributed by atoms with Crippen molar-refractivity contribution in [3.63, 3.8) is 0 Å². The van der Waals surface area contributed by atoms with Gasteiger partial charge in [0.1, 0.15) is 12.6 Å². The molecule has 8 nitrogen and oxygen atoms in total. The summed E-state index contributed by atoms with van der Waals surface area (Å²) >= 11 is 0. The van der Waals surface area contributed by atoms with Crippen LogP contribution in [-0.4, -0.2) is 68.7 Å². The monoisotopic (exact) mass is 514 g/mol. The number of rotatable bonds is 12. The predicted molar refractivity (Wildman–Crippen MR) is 143 cm³/mol. The summed E-state index contributed by atoms with van der Waals surface area (Å²) in [6.07, 6.45) is 5.07. The van der Waals surface area contributed by atoms with Crippen LogP contribution < -0.4 is 9.62 Å². The largest absolute Gasteiger partial charge is 0.352 e. The van der Waals surface area contributed by atoms with Crippen molar-refractivity contribution in [3.8, 4) is 0 Å². The summed E-state index contributed by atoms with van der Waals surface area (Å²) in [5.74, 6) is -0.582. The number of hydrogen-bond donors (Lipinski definition) is 1. The topological polar surface area (TPSA) is 90.0 Å². The number of hydrogen-bond acceptors (Lipinski definition) is 4. The number of benzene rings is 2. The number of amides is 2. The van der Waals surface area contributed by atoms with E-state index in [-0.39, 0.29) is 11.9 Å². The highest BCUT2D eigenvalue weighted by Gasteiger charge is 2.34. The summed E-state index contributed by atoms with van der Waals surface area (Å²) in [7, 11) is -1.07. The highest BCUT2D eigenvalue weighted by atomic mass is 32.2. The van der Waals surface area contributed by atoms with E-state index in [0.717, 1.165) is 39.9 Å². The molecule has 0 unspecified atom stereocenters. The van der Waals surface area contributed by atoms with Gasteiger partial charge in [-0.2, -0.15) is 12.7 Å². The van der Waals surface area contributed by atoms with Crippen LogP contribution >= 0.6 is 0 Å². The molecule has 1 atom stereocenters. The lowest BCUT2D eigenvalue weighted by molar-refractivity contribution is -0.139. The Morgan fingerprint density at radius 1 is 0.972 bits per heavy atom. The molecule has 9 heteroatoms. The van der Waals surface area contributed by atoms with Gasteiger partial charge in [0.25, 0.3) is 0 Å². The fourth-order valence-corrected chi connectivity index (χ4v) is 5.63. The highest BCUT2D eigenvalue weighted by Crippen LogP contribution is 2.21. The molecule has 0 heterocycles. The average Bonchev–Trinajstić information content (AvgIpc) is 3.38. The first-order valence-corrected chi connectivity index (χ1v) is 14.0. The van der Waals surface area contributed by atoms with Gasteiger partial charge in [-0.3, -0.25) is 9.59 Å². The second kappa shape index (κ2) is 12.9. The van der Waals surface area contributed by atoms with Crippen LogP contribution in [0.5, 0.6) is 0 Å². The Morgan fingerprint density at radius 3 is 2.11 bits per heavy atom. The molecular formula is C27H38N4O4S. The van der Waals surface area contributed by atoms with Crippen molar-refractivity contribution in [1.29, 1.82) is 0 Å². The van der Waals surface area contributed by atoms with Gasteiger partial charge in [0.15, 0.2) is 0 Å². The van der Waals surface area contributed by atoms with Gasteiger partial charge in [-0.15, -0.1) is 0 Å². The molecule has 36 heavy (non-hydrogen) atoms. The number of anilines is 1. The zero-order valence-electron chi connectivity index (χ0n) is 21.5. The van der Waals surface area contributed by atoms with Gasteiger partial charge >= 0.3 is 10.2 Å². The fraction of sp³-hybridized carbons (Fsp3) is 0.481. The van der Waals surface area contributed by atoms with Gasteiger partial charge in [-0.1, -0.05) is 68.3 Å². The van der Waals surface area contributed by atoms with Crippen LogP contribution in [0.25, 0.3) is 0 Å². The maximum absolute atomic E-state index is 13.8. The zero-order chi connectivity index (χ0) is 26.1. The van der Waals surface area contributed by atoms with Gasteiger partial charge in [0, 0.05) is 26.7 Å². The number of nitrogens with zero attached hydrogens (tertiary/aromatic N) is 3. The molecule has 2 amide bonds. The van der Waals surface area contributed by atoms with Crippen molar-refractivity contribution in [1.82, 2.24) is 14.5 Å². The summed E-state index contributed by atoms with van der Waals surface area (Å²) < 4.78 is 28.5. The Morgan fingerprint density at radius 2 is 1.56 bits per heavy atom. The number of carbonyl (C=O) groups is 2. The van der Waals surface area contributed by atoms with Crippen molar-refractivity contribution in [2.24, 2.45) is 0 Å². The molecule has 2 aromatic rings. The predicted octanol–water partition coefficient (Wildman–Crippen LogP) is 3.21. The van der Waals surface area contributed by atoms with E-state index in [1.54, 1.807) is 35.2 Å². The Balaban J connectivity index is 1.88. The number of para-hydroxylation sites is 1. The van der Waals surface area contributed by atoms with Crippen LogP contribution in [0.1, 0.15) is 44.6 Å². The summed E-state index contributed by atoms with van der Waals surface area (Å²) in [5.41, 5.74) is 1.44. The first-order chi connectivity index (χ1) is 17.2. The van der Waals surface area contributed by atoms with Crippen LogP contribution in [0.2, 0.25) is 0 Å². The maximum Gasteiger partial charge on any atom is 0.304 e. The van der Waals surface area contributed by atoms with E-state index >= 15 is 0 Å². The minimum atomic E-state index is -3.94. The molecule has 0 aromatic heterocycles. The lowest BCUT2D eigenvalue weighted by Crippen LogP contribution is -2.55. The lowest BCUT2D eigenvalue weighted by Gasteiger charge is -2.34. The molecule has 3 rings (SSSR count). The zero-order valence-corrected chi connectivity index (χ0v) is 22.3. The standard InChI is InChI=1S/C27H38N4O4S/c1-4-25(27(33)28-23-15-11-12-16-23)30(20-19-22-13-7-5-8-14-22)26(32)21-31(36(34,35)29(2)3)24-17-9-6-10-18-24/h5-10,13-14,17-18,23,25H,4,11-12,15-16,19-21H2,1-3H3,(H,28,33)/t25-/m0/s1. The van der Waals surface area contributed by atoms with Crippen LogP contribution in [0.4, 0.5) is 5.69 Å². The molecule has 1 aliphatic carbocycles. The van der Waals surface area contributed by atoms with Crippen LogP contribution in [0.3, 0.4) is 0 Å². The van der Waals surface area contributed by atoms with E-state index in [0.29, 0.717) is 25.1 Å². The molecular weight excluding hydrogens is 476 g/mol. The third-order valence-electron chi connectivity index (χ3n) is 6.63. The van der Waals surface area contributed by atoms with E-state index in [2.05, 4.69) is 5.32 Å². The van der Waals surface area contributed by atoms with Gasteiger partial charge in [-0.05, 0) is 43.4 Å². The summed E-state index contributed by atoms with van der Waals surface area (Å²) in [5, 5.41) is 3.12. The van der Waals surface area contributed by atoms with E-state index < -0.39 is 28.7 Å². The molecule has 2 aromatic carbocycles. The summed E-state index contributed by atoms with van der Waals surface area (Å²) in [4.78, 5) is 28.6. The third kappa shape index (κ3) is 7.07. The van der Waals surface area contributed by atoms with Crippen LogP contribution in [-0.2, 0) is 26.2 Å². The Bertz CT molecular complexity index is 1090. The van der Waals surface area contributed by atoms with Crippen LogP contribution in [0.15, 0.2) is 60.7 Å². The average molecular weight is 515 g/mol. The third-order valence-corrected chi connectivity index (χ3v) is 8.45. The molecule has 1 N–H and O–H groups in total. The molecule has 1 saturated carbocycles. The quantitative estimate of drug-likeness (QED) is 0.471. The smallest absolute Gasteiger partial charge is 0.304 e. The van der Waals surface area contributed by atoms with Crippen molar-refractivity contribution in [2.75, 3.05) is 31.5 Å². The SMILES string of the molecule is CC[C@@H](C(=O)NC1CCCC1)N(CCc1ccccc1)C(=O)CN(c1ccccc1)S(=O)(=O)N(C)C. The van der Waals surface area contributed by atoms with Crippen molar-refractivity contribution < 1.29 is 18.0 Å². The molecule has 1 fully saturated rings. The van der Waals surface area contributed by atoms with Gasteiger partial charge in [-0.25, -0.2) is 4.31 Å². The molecule has 0 saturated heterocycles. The lowest BCUT2D eigenvalue weighted by atomic mass is 10.1. The van der Waals surface area contributed by atoms with Gasteiger partial charge in [0.05, 0.1) is 5.69 Å². The minimum absolute atomic E-state index is 0.132. The summed E-state index contributed by atoms with van der Waals surface area (Å²) in [6, 6.07) is 17.8. The number of nitrogens with one attached hydrogen (secondary N) is 1. The van der Waals surface area contributed by atoms with Crippen molar-refractivity contribution in [2.45, 2.75) is 57.5 Å². The Kier molecular flexibility index (Phi) is 9.89. The minimum Gasteiger partial charge on any atom is -0.352 e. The van der Waals surface area contributed by atoms with E-state index in [1.165, 1.54) is 14.1 Å². The van der Waals surface area contributed by atoms with Crippen molar-refractivity contribution in [3.05, 3.63) is 66.2 Å². The van der Waals surface area contributed by atoms with E-state index in [9.17, 15) is 18.0 Å². The second-order valence-corrected chi connectivity index (χ2v) is 11.4. The van der Waals surface area contributed by atoms with Gasteiger partial charge < -0.3 is 10.2 Å².